The molecule has 1 aromatic carbocycles. The van der Waals surface area contributed by atoms with E-state index in [4.69, 9.17) is 10.5 Å². The van der Waals surface area contributed by atoms with Crippen LogP contribution in [0.1, 0.15) is 11.1 Å². The molecule has 0 amide bonds. The van der Waals surface area contributed by atoms with Gasteiger partial charge < -0.3 is 10.5 Å². The van der Waals surface area contributed by atoms with E-state index in [2.05, 4.69) is 0 Å². The highest BCUT2D eigenvalue weighted by atomic mass is 16.5. The molecule has 0 aliphatic carbocycles. The molecule has 3 nitrogen and oxygen atoms in total. The topological polar surface area (TPSA) is 52.3 Å². The Labute approximate surface area is 77.5 Å². The highest BCUT2D eigenvalue weighted by Gasteiger charge is 2.04. The van der Waals surface area contributed by atoms with Gasteiger partial charge in [-0.2, -0.15) is 0 Å². The Morgan fingerprint density at radius 2 is 2.15 bits per heavy atom. The summed E-state index contributed by atoms with van der Waals surface area (Å²) in [4.78, 5) is 10.9. The van der Waals surface area contributed by atoms with Gasteiger partial charge in [-0.15, -0.1) is 0 Å². The number of rotatable bonds is 2. The van der Waals surface area contributed by atoms with Crippen LogP contribution in [0.5, 0.6) is 5.75 Å². The van der Waals surface area contributed by atoms with Gasteiger partial charge in [0.1, 0.15) is 5.75 Å². The molecular formula is C10H13NO2. The minimum Gasteiger partial charge on any atom is -0.425 e. The molecule has 0 saturated heterocycles. The predicted octanol–water partition coefficient (Wildman–Crippen LogP) is 1.17. The molecule has 0 atom stereocenters. The van der Waals surface area contributed by atoms with E-state index in [0.29, 0.717) is 5.75 Å². The van der Waals surface area contributed by atoms with Crippen molar-refractivity contribution in [2.45, 2.75) is 13.8 Å². The van der Waals surface area contributed by atoms with E-state index in [9.17, 15) is 4.79 Å². The van der Waals surface area contributed by atoms with Crippen LogP contribution in [0.3, 0.4) is 0 Å². The molecule has 70 valence electrons. The third kappa shape index (κ3) is 2.56. The molecule has 1 aromatic rings. The lowest BCUT2D eigenvalue weighted by Gasteiger charge is -2.06. The Morgan fingerprint density at radius 1 is 1.46 bits per heavy atom. The normalized spacial score (nSPS) is 9.77. The van der Waals surface area contributed by atoms with Crippen LogP contribution in [-0.2, 0) is 4.79 Å². The monoisotopic (exact) mass is 179 g/mol. The van der Waals surface area contributed by atoms with E-state index in [-0.39, 0.29) is 6.54 Å². The van der Waals surface area contributed by atoms with Crippen LogP contribution in [-0.4, -0.2) is 12.5 Å². The van der Waals surface area contributed by atoms with Crippen LogP contribution < -0.4 is 10.5 Å². The second kappa shape index (κ2) is 4.05. The molecule has 0 heterocycles. The number of carbonyl (C=O) groups is 1. The van der Waals surface area contributed by atoms with Crippen molar-refractivity contribution < 1.29 is 9.53 Å². The molecule has 2 N–H and O–H groups in total. The summed E-state index contributed by atoms with van der Waals surface area (Å²) in [6.45, 7) is 3.79. The zero-order chi connectivity index (χ0) is 9.84. The molecule has 0 aliphatic heterocycles. The molecule has 13 heavy (non-hydrogen) atoms. The molecule has 1 rings (SSSR count). The average molecular weight is 179 g/mol. The Kier molecular flexibility index (Phi) is 3.03. The third-order valence-corrected chi connectivity index (χ3v) is 1.72. The first kappa shape index (κ1) is 9.74. The van der Waals surface area contributed by atoms with Gasteiger partial charge in [0, 0.05) is 0 Å². The summed E-state index contributed by atoms with van der Waals surface area (Å²) < 4.78 is 4.99. The Balaban J connectivity index is 2.83. The highest BCUT2D eigenvalue weighted by Crippen LogP contribution is 2.18. The second-order valence-electron chi connectivity index (χ2n) is 2.95. The van der Waals surface area contributed by atoms with Gasteiger partial charge in [0.25, 0.3) is 0 Å². The third-order valence-electron chi connectivity index (χ3n) is 1.72. The van der Waals surface area contributed by atoms with E-state index in [1.165, 1.54) is 0 Å². The fourth-order valence-electron chi connectivity index (χ4n) is 1.08. The molecule has 3 heteroatoms. The Morgan fingerprint density at radius 3 is 2.69 bits per heavy atom. The lowest BCUT2D eigenvalue weighted by Crippen LogP contribution is -2.19. The Bertz CT molecular complexity index is 321. The first-order valence-corrected chi connectivity index (χ1v) is 4.11. The first-order chi connectivity index (χ1) is 6.13. The van der Waals surface area contributed by atoms with E-state index in [1.54, 1.807) is 6.07 Å². The summed E-state index contributed by atoms with van der Waals surface area (Å²) in [5.74, 6) is 0.174. The van der Waals surface area contributed by atoms with Gasteiger partial charge in [-0.3, -0.25) is 4.79 Å². The maximum Gasteiger partial charge on any atom is 0.325 e. The van der Waals surface area contributed by atoms with Gasteiger partial charge in [-0.05, 0) is 25.5 Å². The fraction of sp³-hybridized carbons (Fsp3) is 0.300. The maximum absolute atomic E-state index is 10.9. The molecular weight excluding hydrogens is 166 g/mol. The predicted molar refractivity (Wildman–Crippen MR) is 50.6 cm³/mol. The van der Waals surface area contributed by atoms with Crippen molar-refractivity contribution in [1.82, 2.24) is 0 Å². The summed E-state index contributed by atoms with van der Waals surface area (Å²) in [5.41, 5.74) is 7.21. The van der Waals surface area contributed by atoms with E-state index in [1.807, 2.05) is 26.0 Å². The zero-order valence-corrected chi connectivity index (χ0v) is 7.83. The first-order valence-electron chi connectivity index (χ1n) is 4.11. The van der Waals surface area contributed by atoms with Crippen molar-refractivity contribution in [1.29, 1.82) is 0 Å². The van der Waals surface area contributed by atoms with Crippen LogP contribution >= 0.6 is 0 Å². The van der Waals surface area contributed by atoms with Gasteiger partial charge in [0.2, 0.25) is 0 Å². The minimum atomic E-state index is -0.410. The summed E-state index contributed by atoms with van der Waals surface area (Å²) in [6.07, 6.45) is 0. The zero-order valence-electron chi connectivity index (χ0n) is 7.83. The number of hydrogen-bond acceptors (Lipinski definition) is 3. The fourth-order valence-corrected chi connectivity index (χ4v) is 1.08. The number of esters is 1. The largest absolute Gasteiger partial charge is 0.425 e. The number of carbonyl (C=O) groups excluding carboxylic acids is 1. The molecule has 0 unspecified atom stereocenters. The van der Waals surface area contributed by atoms with Gasteiger partial charge >= 0.3 is 5.97 Å². The molecule has 0 aliphatic rings. The molecule has 0 radical (unpaired) electrons. The second-order valence-corrected chi connectivity index (χ2v) is 2.95. The minimum absolute atomic E-state index is 0.0900. The van der Waals surface area contributed by atoms with Gasteiger partial charge in [0.05, 0.1) is 6.54 Å². The number of ether oxygens (including phenoxy) is 1. The number of nitrogens with two attached hydrogens (primary N) is 1. The van der Waals surface area contributed by atoms with Crippen molar-refractivity contribution in [3.63, 3.8) is 0 Å². The van der Waals surface area contributed by atoms with Crippen LogP contribution in [0, 0.1) is 13.8 Å². The van der Waals surface area contributed by atoms with E-state index >= 15 is 0 Å². The Hall–Kier alpha value is -1.35. The van der Waals surface area contributed by atoms with E-state index < -0.39 is 5.97 Å². The van der Waals surface area contributed by atoms with Crippen molar-refractivity contribution in [2.24, 2.45) is 5.73 Å². The lowest BCUT2D eigenvalue weighted by atomic mass is 10.1. The van der Waals surface area contributed by atoms with E-state index in [0.717, 1.165) is 11.1 Å². The number of hydrogen-bond donors (Lipinski definition) is 1. The lowest BCUT2D eigenvalue weighted by molar-refractivity contribution is -0.132. The number of aryl methyl sites for hydroxylation is 2. The summed E-state index contributed by atoms with van der Waals surface area (Å²) in [5, 5.41) is 0. The molecule has 0 spiro atoms. The molecule has 0 aromatic heterocycles. The van der Waals surface area contributed by atoms with Crippen LogP contribution in [0.25, 0.3) is 0 Å². The SMILES string of the molecule is Cc1ccc(OC(=O)CN)c(C)c1. The summed E-state index contributed by atoms with van der Waals surface area (Å²) >= 11 is 0. The molecule has 0 bridgehead atoms. The van der Waals surface area contributed by atoms with Crippen LogP contribution in [0.4, 0.5) is 0 Å². The number of benzene rings is 1. The van der Waals surface area contributed by atoms with Gasteiger partial charge in [-0.25, -0.2) is 0 Å². The summed E-state index contributed by atoms with van der Waals surface area (Å²) in [7, 11) is 0. The van der Waals surface area contributed by atoms with Crippen molar-refractivity contribution in [2.75, 3.05) is 6.54 Å². The standard InChI is InChI=1S/C10H13NO2/c1-7-3-4-9(8(2)5-7)13-10(12)6-11/h3-5H,6,11H2,1-2H3. The van der Waals surface area contributed by atoms with Gasteiger partial charge in [-0.1, -0.05) is 17.7 Å². The maximum atomic E-state index is 10.9. The molecule has 0 fully saturated rings. The summed E-state index contributed by atoms with van der Waals surface area (Å²) in [6, 6.07) is 5.63. The highest BCUT2D eigenvalue weighted by molar-refractivity contribution is 5.74. The van der Waals surface area contributed by atoms with Crippen molar-refractivity contribution in [3.05, 3.63) is 29.3 Å². The van der Waals surface area contributed by atoms with Crippen molar-refractivity contribution >= 4 is 5.97 Å². The molecule has 0 saturated carbocycles. The average Bonchev–Trinajstić information content (AvgIpc) is 2.09. The van der Waals surface area contributed by atoms with Crippen molar-refractivity contribution in [3.8, 4) is 5.75 Å². The van der Waals surface area contributed by atoms with Gasteiger partial charge in [0.15, 0.2) is 0 Å². The smallest absolute Gasteiger partial charge is 0.325 e. The van der Waals surface area contributed by atoms with Crippen LogP contribution in [0.15, 0.2) is 18.2 Å². The quantitative estimate of drug-likeness (QED) is 0.547. The van der Waals surface area contributed by atoms with Crippen LogP contribution in [0.2, 0.25) is 0 Å².